The zero-order valence-corrected chi connectivity index (χ0v) is 17.9. The van der Waals surface area contributed by atoms with Gasteiger partial charge in [0.1, 0.15) is 5.82 Å². The molecule has 2 aliphatic rings. The van der Waals surface area contributed by atoms with Crippen molar-refractivity contribution in [1.82, 2.24) is 4.98 Å². The molecule has 1 aliphatic carbocycles. The number of Topliss-reactive ketones (excluding diaryl/α,β-unsaturated/α-hetero) is 1. The van der Waals surface area contributed by atoms with Gasteiger partial charge in [0.25, 0.3) is 0 Å². The number of carbonyl (C=O) groups excluding carboxylic acids is 2. The number of aryl methyl sites for hydroxylation is 1. The third kappa shape index (κ3) is 3.84. The van der Waals surface area contributed by atoms with Crippen LogP contribution in [0.2, 0.25) is 0 Å². The second kappa shape index (κ2) is 7.63. The smallest absolute Gasteiger partial charge is 0.235 e. The van der Waals surface area contributed by atoms with Crippen LogP contribution < -0.4 is 5.32 Å². The lowest BCUT2D eigenvalue weighted by Gasteiger charge is -2.39. The molecule has 0 saturated heterocycles. The molecule has 1 aliphatic heterocycles. The maximum atomic E-state index is 13.4. The number of hydrogen-bond acceptors (Lipinski definition) is 4. The van der Waals surface area contributed by atoms with Crippen molar-refractivity contribution in [3.63, 3.8) is 0 Å². The maximum Gasteiger partial charge on any atom is 0.235 e. The fraction of sp³-hybridized carbons (Fsp3) is 0.360. The predicted octanol–water partition coefficient (Wildman–Crippen LogP) is 4.85. The highest BCUT2D eigenvalue weighted by atomic mass is 16.2. The van der Waals surface area contributed by atoms with Crippen LogP contribution in [0.25, 0.3) is 0 Å². The molecule has 2 heterocycles. The summed E-state index contributed by atoms with van der Waals surface area (Å²) in [6, 6.07) is 15.3. The monoisotopic (exact) mass is 401 g/mol. The quantitative estimate of drug-likeness (QED) is 0.799. The summed E-state index contributed by atoms with van der Waals surface area (Å²) >= 11 is 0. The van der Waals surface area contributed by atoms with Crippen LogP contribution in [-0.2, 0) is 9.59 Å². The van der Waals surface area contributed by atoms with Gasteiger partial charge in [0.2, 0.25) is 5.91 Å². The van der Waals surface area contributed by atoms with E-state index >= 15 is 0 Å². The molecule has 0 saturated carbocycles. The number of aliphatic imine (C=N–C) groups is 1. The number of amides is 1. The first kappa shape index (κ1) is 20.2. The molecule has 154 valence electrons. The third-order valence-electron chi connectivity index (χ3n) is 5.88. The van der Waals surface area contributed by atoms with Gasteiger partial charge < -0.3 is 5.32 Å². The molecule has 0 bridgehead atoms. The van der Waals surface area contributed by atoms with Crippen LogP contribution in [-0.4, -0.2) is 22.4 Å². The minimum Gasteiger partial charge on any atom is -0.310 e. The number of rotatable bonds is 3. The molecule has 4 rings (SSSR count). The molecule has 0 fully saturated rings. The molecule has 5 heteroatoms. The molecule has 5 nitrogen and oxygen atoms in total. The Hall–Kier alpha value is -3.08. The fourth-order valence-electron chi connectivity index (χ4n) is 4.62. The molecule has 30 heavy (non-hydrogen) atoms. The topological polar surface area (TPSA) is 71.4 Å². The Morgan fingerprint density at radius 3 is 2.47 bits per heavy atom. The van der Waals surface area contributed by atoms with Crippen molar-refractivity contribution in [2.75, 3.05) is 5.32 Å². The highest BCUT2D eigenvalue weighted by molar-refractivity contribution is 6.13. The lowest BCUT2D eigenvalue weighted by molar-refractivity contribution is -0.119. The minimum absolute atomic E-state index is 0.0952. The second-order valence-electron chi connectivity index (χ2n) is 9.07. The van der Waals surface area contributed by atoms with E-state index in [-0.39, 0.29) is 23.0 Å². The van der Waals surface area contributed by atoms with Gasteiger partial charge >= 0.3 is 0 Å². The Morgan fingerprint density at radius 2 is 1.77 bits per heavy atom. The fourth-order valence-corrected chi connectivity index (χ4v) is 4.62. The van der Waals surface area contributed by atoms with E-state index in [9.17, 15) is 9.59 Å². The van der Waals surface area contributed by atoms with Crippen LogP contribution in [0.15, 0.2) is 64.8 Å². The van der Waals surface area contributed by atoms with E-state index in [1.54, 1.807) is 6.07 Å². The molecule has 0 spiro atoms. The zero-order valence-electron chi connectivity index (χ0n) is 17.9. The summed E-state index contributed by atoms with van der Waals surface area (Å²) < 4.78 is 0. The molecule has 0 radical (unpaired) electrons. The first-order chi connectivity index (χ1) is 14.2. The van der Waals surface area contributed by atoms with Crippen molar-refractivity contribution in [2.45, 2.75) is 46.5 Å². The number of carbonyl (C=O) groups is 2. The highest BCUT2D eigenvalue weighted by Gasteiger charge is 2.45. The summed E-state index contributed by atoms with van der Waals surface area (Å²) in [5.74, 6) is -0.480. The Bertz CT molecular complexity index is 1070. The highest BCUT2D eigenvalue weighted by Crippen LogP contribution is 2.47. The van der Waals surface area contributed by atoms with E-state index in [1.165, 1.54) is 0 Å². The van der Waals surface area contributed by atoms with Gasteiger partial charge in [0, 0.05) is 35.0 Å². The van der Waals surface area contributed by atoms with E-state index in [0.29, 0.717) is 17.8 Å². The number of ketones is 1. The zero-order chi connectivity index (χ0) is 21.5. The maximum absolute atomic E-state index is 13.4. The Labute approximate surface area is 177 Å². The molecular formula is C25H27N3O2. The summed E-state index contributed by atoms with van der Waals surface area (Å²) in [6.45, 7) is 7.97. The number of anilines is 1. The predicted molar refractivity (Wildman–Crippen MR) is 118 cm³/mol. The number of hydrogen-bond donors (Lipinski definition) is 1. The number of benzene rings is 1. The van der Waals surface area contributed by atoms with E-state index in [4.69, 9.17) is 4.99 Å². The van der Waals surface area contributed by atoms with Gasteiger partial charge in [-0.2, -0.15) is 0 Å². The molecule has 2 atom stereocenters. The van der Waals surface area contributed by atoms with E-state index in [2.05, 4.69) is 24.1 Å². The number of allylic oxidation sites excluding steroid dienone is 2. The Kier molecular flexibility index (Phi) is 5.14. The largest absolute Gasteiger partial charge is 0.310 e. The van der Waals surface area contributed by atoms with Crippen LogP contribution in [0.4, 0.5) is 5.82 Å². The van der Waals surface area contributed by atoms with Gasteiger partial charge in [-0.3, -0.25) is 14.6 Å². The normalized spacial score (nSPS) is 22.9. The Morgan fingerprint density at radius 1 is 1.03 bits per heavy atom. The van der Waals surface area contributed by atoms with Crippen molar-refractivity contribution in [1.29, 1.82) is 0 Å². The summed E-state index contributed by atoms with van der Waals surface area (Å²) in [5, 5.41) is 2.94. The van der Waals surface area contributed by atoms with Crippen LogP contribution >= 0.6 is 0 Å². The first-order valence-electron chi connectivity index (χ1n) is 10.4. The van der Waals surface area contributed by atoms with Crippen molar-refractivity contribution < 1.29 is 9.59 Å². The summed E-state index contributed by atoms with van der Waals surface area (Å²) in [7, 11) is 0. The van der Waals surface area contributed by atoms with E-state index in [1.807, 2.05) is 56.3 Å². The van der Waals surface area contributed by atoms with Gasteiger partial charge in [-0.05, 0) is 43.4 Å². The number of nitrogens with one attached hydrogen (secondary N) is 1. The van der Waals surface area contributed by atoms with Crippen LogP contribution in [0.3, 0.4) is 0 Å². The molecule has 1 aromatic carbocycles. The van der Waals surface area contributed by atoms with Gasteiger partial charge in [-0.15, -0.1) is 0 Å². The van der Waals surface area contributed by atoms with Gasteiger partial charge in [0.15, 0.2) is 5.78 Å². The molecule has 1 N–H and O–H groups in total. The van der Waals surface area contributed by atoms with Crippen LogP contribution in [0.5, 0.6) is 0 Å². The average molecular weight is 402 g/mol. The van der Waals surface area contributed by atoms with Crippen molar-refractivity contribution in [3.8, 4) is 0 Å². The van der Waals surface area contributed by atoms with Crippen LogP contribution in [0.1, 0.15) is 50.8 Å². The molecule has 2 aromatic rings. The molecule has 1 amide bonds. The van der Waals surface area contributed by atoms with Gasteiger partial charge in [-0.25, -0.2) is 4.98 Å². The van der Waals surface area contributed by atoms with Crippen molar-refractivity contribution in [2.24, 2.45) is 16.3 Å². The Balaban J connectivity index is 1.78. The van der Waals surface area contributed by atoms with Crippen LogP contribution in [0, 0.1) is 18.3 Å². The molecule has 1 aromatic heterocycles. The number of pyridine rings is 1. The lowest BCUT2D eigenvalue weighted by Crippen LogP contribution is -2.41. The number of nitrogens with zero attached hydrogens (tertiary/aromatic N) is 2. The average Bonchev–Trinajstić information content (AvgIpc) is 2.66. The van der Waals surface area contributed by atoms with Gasteiger partial charge in [0.05, 0.1) is 5.92 Å². The summed E-state index contributed by atoms with van der Waals surface area (Å²) in [4.78, 5) is 35.8. The first-order valence-corrected chi connectivity index (χ1v) is 10.4. The molecular weight excluding hydrogens is 374 g/mol. The summed E-state index contributed by atoms with van der Waals surface area (Å²) in [6.07, 6.45) is 1.21. The minimum atomic E-state index is -0.557. The van der Waals surface area contributed by atoms with E-state index in [0.717, 1.165) is 29.1 Å². The molecule has 1 unspecified atom stereocenters. The van der Waals surface area contributed by atoms with Crippen molar-refractivity contribution in [3.05, 3.63) is 71.1 Å². The van der Waals surface area contributed by atoms with E-state index < -0.39 is 5.92 Å². The number of aromatic nitrogens is 1. The van der Waals surface area contributed by atoms with Crippen molar-refractivity contribution >= 4 is 23.2 Å². The second-order valence-corrected chi connectivity index (χ2v) is 9.07. The standard InChI is InChI=1S/C25H27N3O2/c1-15-9-8-12-20(26-15)28-24(30)21-16(2)27-18-13-25(3,4)14-19(29)23(18)22(21)17-10-6-5-7-11-17/h5-12,21-22H,13-14H2,1-4H3,(H,26,28,30)/t21?,22-/m1/s1. The summed E-state index contributed by atoms with van der Waals surface area (Å²) in [5.41, 5.74) is 3.93. The van der Waals surface area contributed by atoms with Gasteiger partial charge in [-0.1, -0.05) is 50.2 Å². The lowest BCUT2D eigenvalue weighted by atomic mass is 9.66. The SMILES string of the molecule is CC1=NC2=C(C(=O)CC(C)(C)C2)[C@H](c2ccccc2)C1C(=O)Nc1cccc(C)n1. The third-order valence-corrected chi connectivity index (χ3v) is 5.88.